The molecule has 0 saturated heterocycles. The Bertz CT molecular complexity index is 407. The van der Waals surface area contributed by atoms with E-state index in [1.54, 1.807) is 18.2 Å². The summed E-state index contributed by atoms with van der Waals surface area (Å²) in [6.07, 6.45) is 0. The van der Waals surface area contributed by atoms with E-state index < -0.39 is 6.04 Å². The lowest BCUT2D eigenvalue weighted by Crippen LogP contribution is -2.43. The number of amides is 1. The summed E-state index contributed by atoms with van der Waals surface area (Å²) in [7, 11) is 0. The van der Waals surface area contributed by atoms with E-state index in [1.165, 1.54) is 0 Å². The average molecular weight is 275 g/mol. The van der Waals surface area contributed by atoms with E-state index in [2.05, 4.69) is 5.32 Å². The predicted molar refractivity (Wildman–Crippen MR) is 71.1 cm³/mol. The molecular formula is C12H16Cl2N2O. The lowest BCUT2D eigenvalue weighted by molar-refractivity contribution is -0.123. The molecule has 0 heterocycles. The molecule has 0 aliphatic carbocycles. The molecule has 0 saturated carbocycles. The first-order valence-electron chi connectivity index (χ1n) is 5.39. The minimum absolute atomic E-state index is 0.107. The van der Waals surface area contributed by atoms with Crippen molar-refractivity contribution in [2.24, 2.45) is 11.7 Å². The van der Waals surface area contributed by atoms with Crippen LogP contribution in [0, 0.1) is 5.92 Å². The van der Waals surface area contributed by atoms with Crippen molar-refractivity contribution in [3.8, 4) is 0 Å². The van der Waals surface area contributed by atoms with Crippen molar-refractivity contribution in [3.05, 3.63) is 33.8 Å². The molecule has 0 aromatic heterocycles. The number of hydrogen-bond donors (Lipinski definition) is 2. The van der Waals surface area contributed by atoms with Crippen molar-refractivity contribution in [2.75, 3.05) is 0 Å². The third-order valence-corrected chi connectivity index (χ3v) is 3.08. The molecule has 3 nitrogen and oxygen atoms in total. The lowest BCUT2D eigenvalue weighted by Gasteiger charge is -2.15. The summed E-state index contributed by atoms with van der Waals surface area (Å²) < 4.78 is 0. The van der Waals surface area contributed by atoms with E-state index in [4.69, 9.17) is 28.9 Å². The number of nitrogens with two attached hydrogens (primary N) is 1. The highest BCUT2D eigenvalue weighted by Gasteiger charge is 2.16. The van der Waals surface area contributed by atoms with Gasteiger partial charge in [0.15, 0.2) is 0 Å². The van der Waals surface area contributed by atoms with Gasteiger partial charge in [-0.1, -0.05) is 43.1 Å². The molecule has 0 bridgehead atoms. The van der Waals surface area contributed by atoms with Crippen LogP contribution < -0.4 is 11.1 Å². The summed E-state index contributed by atoms with van der Waals surface area (Å²) in [5, 5.41) is 3.86. The monoisotopic (exact) mass is 274 g/mol. The minimum Gasteiger partial charge on any atom is -0.351 e. The third kappa shape index (κ3) is 4.19. The van der Waals surface area contributed by atoms with Gasteiger partial charge in [-0.3, -0.25) is 4.79 Å². The number of carbonyl (C=O) groups is 1. The van der Waals surface area contributed by atoms with Gasteiger partial charge < -0.3 is 11.1 Å². The molecule has 1 rings (SSSR count). The molecule has 94 valence electrons. The predicted octanol–water partition coefficient (Wildman–Crippen LogP) is 2.59. The van der Waals surface area contributed by atoms with Crippen LogP contribution in [0.5, 0.6) is 0 Å². The molecule has 1 amide bonds. The van der Waals surface area contributed by atoms with Crippen molar-refractivity contribution >= 4 is 29.1 Å². The zero-order chi connectivity index (χ0) is 13.0. The van der Waals surface area contributed by atoms with E-state index >= 15 is 0 Å². The van der Waals surface area contributed by atoms with Crippen molar-refractivity contribution in [1.82, 2.24) is 5.32 Å². The second-order valence-electron chi connectivity index (χ2n) is 4.22. The Kier molecular flexibility index (Phi) is 5.25. The topological polar surface area (TPSA) is 55.1 Å². The first-order valence-corrected chi connectivity index (χ1v) is 6.14. The summed E-state index contributed by atoms with van der Waals surface area (Å²) >= 11 is 11.8. The van der Waals surface area contributed by atoms with Crippen LogP contribution in [-0.4, -0.2) is 11.9 Å². The maximum absolute atomic E-state index is 11.6. The highest BCUT2D eigenvalue weighted by atomic mass is 35.5. The molecule has 0 fully saturated rings. The van der Waals surface area contributed by atoms with Gasteiger partial charge in [0, 0.05) is 16.6 Å². The normalized spacial score (nSPS) is 12.6. The lowest BCUT2D eigenvalue weighted by atomic mass is 10.0. The fourth-order valence-electron chi connectivity index (χ4n) is 1.27. The van der Waals surface area contributed by atoms with Crippen molar-refractivity contribution in [2.45, 2.75) is 26.4 Å². The molecule has 0 radical (unpaired) electrons. The largest absolute Gasteiger partial charge is 0.351 e. The van der Waals surface area contributed by atoms with Gasteiger partial charge >= 0.3 is 0 Å². The van der Waals surface area contributed by atoms with Crippen LogP contribution in [0.25, 0.3) is 0 Å². The molecule has 1 aromatic carbocycles. The molecule has 1 atom stereocenters. The molecule has 0 aliphatic rings. The number of halogens is 2. The quantitative estimate of drug-likeness (QED) is 0.887. The molecule has 0 aliphatic heterocycles. The number of benzene rings is 1. The smallest absolute Gasteiger partial charge is 0.237 e. The molecule has 3 N–H and O–H groups in total. The summed E-state index contributed by atoms with van der Waals surface area (Å²) in [6.45, 7) is 4.16. The van der Waals surface area contributed by atoms with E-state index in [1.807, 2.05) is 13.8 Å². The van der Waals surface area contributed by atoms with Crippen LogP contribution in [0.1, 0.15) is 19.4 Å². The number of hydrogen-bond acceptors (Lipinski definition) is 2. The Morgan fingerprint density at radius 1 is 1.41 bits per heavy atom. The first kappa shape index (κ1) is 14.3. The first-order chi connectivity index (χ1) is 7.91. The minimum atomic E-state index is -0.499. The van der Waals surface area contributed by atoms with Gasteiger partial charge in [0.25, 0.3) is 0 Å². The van der Waals surface area contributed by atoms with Crippen LogP contribution in [0.4, 0.5) is 0 Å². The van der Waals surface area contributed by atoms with Crippen LogP contribution in [0.15, 0.2) is 18.2 Å². The van der Waals surface area contributed by atoms with Crippen molar-refractivity contribution < 1.29 is 4.79 Å². The molecule has 5 heteroatoms. The number of rotatable bonds is 4. The Hall–Kier alpha value is -0.770. The van der Waals surface area contributed by atoms with E-state index in [0.717, 1.165) is 5.56 Å². The highest BCUT2D eigenvalue weighted by molar-refractivity contribution is 6.35. The van der Waals surface area contributed by atoms with E-state index in [9.17, 15) is 4.79 Å². The van der Waals surface area contributed by atoms with Gasteiger partial charge in [-0.15, -0.1) is 0 Å². The van der Waals surface area contributed by atoms with Crippen LogP contribution >= 0.6 is 23.2 Å². The van der Waals surface area contributed by atoms with Gasteiger partial charge in [0.2, 0.25) is 5.91 Å². The average Bonchev–Trinajstić information content (AvgIpc) is 2.26. The van der Waals surface area contributed by atoms with Gasteiger partial charge in [0.1, 0.15) is 0 Å². The SMILES string of the molecule is CC(C)C(N)C(=O)NCc1ccc(Cl)cc1Cl. The highest BCUT2D eigenvalue weighted by Crippen LogP contribution is 2.20. The van der Waals surface area contributed by atoms with E-state index in [-0.39, 0.29) is 11.8 Å². The van der Waals surface area contributed by atoms with Gasteiger partial charge in [-0.05, 0) is 23.6 Å². The van der Waals surface area contributed by atoms with Crippen molar-refractivity contribution in [3.63, 3.8) is 0 Å². The van der Waals surface area contributed by atoms with Crippen LogP contribution in [0.3, 0.4) is 0 Å². The Morgan fingerprint density at radius 2 is 2.06 bits per heavy atom. The molecule has 1 aromatic rings. The van der Waals surface area contributed by atoms with E-state index in [0.29, 0.717) is 16.6 Å². The fraction of sp³-hybridized carbons (Fsp3) is 0.417. The number of nitrogens with one attached hydrogen (secondary N) is 1. The standard InChI is InChI=1S/C12H16Cl2N2O/c1-7(2)11(15)12(17)16-6-8-3-4-9(13)5-10(8)14/h3-5,7,11H,6,15H2,1-2H3,(H,16,17). The summed E-state index contributed by atoms with van der Waals surface area (Å²) in [6, 6.07) is 4.66. The summed E-state index contributed by atoms with van der Waals surface area (Å²) in [5.74, 6) is -0.0679. The zero-order valence-corrected chi connectivity index (χ0v) is 11.3. The summed E-state index contributed by atoms with van der Waals surface area (Å²) in [4.78, 5) is 11.6. The second-order valence-corrected chi connectivity index (χ2v) is 5.07. The zero-order valence-electron chi connectivity index (χ0n) is 9.84. The Morgan fingerprint density at radius 3 is 2.59 bits per heavy atom. The van der Waals surface area contributed by atoms with Crippen LogP contribution in [0.2, 0.25) is 10.0 Å². The molecule has 1 unspecified atom stereocenters. The second kappa shape index (κ2) is 6.24. The maximum Gasteiger partial charge on any atom is 0.237 e. The summed E-state index contributed by atoms with van der Waals surface area (Å²) in [5.41, 5.74) is 6.54. The molecule has 17 heavy (non-hydrogen) atoms. The Balaban J connectivity index is 2.59. The third-order valence-electron chi connectivity index (χ3n) is 2.49. The van der Waals surface area contributed by atoms with Gasteiger partial charge in [-0.2, -0.15) is 0 Å². The van der Waals surface area contributed by atoms with Crippen LogP contribution in [-0.2, 0) is 11.3 Å². The molecule has 0 spiro atoms. The Labute approximate surface area is 111 Å². The fourth-order valence-corrected chi connectivity index (χ4v) is 1.74. The molecular weight excluding hydrogens is 259 g/mol. The van der Waals surface area contributed by atoms with Gasteiger partial charge in [0.05, 0.1) is 6.04 Å². The van der Waals surface area contributed by atoms with Crippen molar-refractivity contribution in [1.29, 1.82) is 0 Å². The number of carbonyl (C=O) groups excluding carboxylic acids is 1. The van der Waals surface area contributed by atoms with Gasteiger partial charge in [-0.25, -0.2) is 0 Å². The maximum atomic E-state index is 11.6.